The zero-order valence-electron chi connectivity index (χ0n) is 13.9. The summed E-state index contributed by atoms with van der Waals surface area (Å²) in [7, 11) is 1.98. The number of aromatic nitrogens is 4. The lowest BCUT2D eigenvalue weighted by Crippen LogP contribution is -2.39. The van der Waals surface area contributed by atoms with E-state index in [1.807, 2.05) is 37.2 Å². The third-order valence-corrected chi connectivity index (χ3v) is 5.10. The molecule has 0 amide bonds. The highest BCUT2D eigenvalue weighted by atomic mass is 15.3. The van der Waals surface area contributed by atoms with Crippen LogP contribution in [0.1, 0.15) is 17.5 Å². The zero-order chi connectivity index (χ0) is 15.8. The maximum Gasteiger partial charge on any atom is 0.225 e. The maximum absolute atomic E-state index is 4.50. The molecule has 2 aliphatic rings. The molecule has 0 radical (unpaired) electrons. The van der Waals surface area contributed by atoms with E-state index in [1.54, 1.807) is 0 Å². The van der Waals surface area contributed by atoms with E-state index in [0.717, 1.165) is 43.0 Å². The Kier molecular flexibility index (Phi) is 3.77. The van der Waals surface area contributed by atoms with Gasteiger partial charge in [0.15, 0.2) is 0 Å². The largest absolute Gasteiger partial charge is 0.340 e. The van der Waals surface area contributed by atoms with Crippen LogP contribution in [0.25, 0.3) is 0 Å². The molecule has 23 heavy (non-hydrogen) atoms. The molecule has 0 aromatic carbocycles. The molecule has 0 bridgehead atoms. The van der Waals surface area contributed by atoms with Gasteiger partial charge in [0, 0.05) is 57.4 Å². The fourth-order valence-electron chi connectivity index (χ4n) is 3.91. The van der Waals surface area contributed by atoms with E-state index >= 15 is 0 Å². The molecule has 2 saturated heterocycles. The Balaban J connectivity index is 1.39. The quantitative estimate of drug-likeness (QED) is 0.859. The van der Waals surface area contributed by atoms with Crippen LogP contribution in [-0.2, 0) is 13.6 Å². The van der Waals surface area contributed by atoms with Gasteiger partial charge in [0.05, 0.1) is 6.20 Å². The average molecular weight is 312 g/mol. The van der Waals surface area contributed by atoms with Crippen molar-refractivity contribution in [2.75, 3.05) is 31.1 Å². The molecule has 4 heterocycles. The molecular formula is C17H24N6. The lowest BCUT2D eigenvalue weighted by atomic mass is 9.88. The molecule has 4 rings (SSSR count). The SMILES string of the molecule is Cc1cnc(N2C[C@H]3CN(Cc4cnn(C)c4)CC[C@H]3C2)nc1. The Morgan fingerprint density at radius 1 is 1.09 bits per heavy atom. The van der Waals surface area contributed by atoms with Crippen molar-refractivity contribution in [2.24, 2.45) is 18.9 Å². The first kappa shape index (κ1) is 14.6. The third-order valence-electron chi connectivity index (χ3n) is 5.10. The summed E-state index contributed by atoms with van der Waals surface area (Å²) in [6.07, 6.45) is 9.20. The molecule has 0 saturated carbocycles. The van der Waals surface area contributed by atoms with Crippen LogP contribution in [-0.4, -0.2) is 50.8 Å². The summed E-state index contributed by atoms with van der Waals surface area (Å²) in [6.45, 7) is 7.58. The monoisotopic (exact) mass is 312 g/mol. The van der Waals surface area contributed by atoms with Crippen molar-refractivity contribution in [3.05, 3.63) is 35.9 Å². The van der Waals surface area contributed by atoms with Crippen LogP contribution in [0.15, 0.2) is 24.8 Å². The Labute approximate surface area is 137 Å². The second-order valence-corrected chi connectivity index (χ2v) is 7.03. The average Bonchev–Trinajstić information content (AvgIpc) is 3.14. The molecule has 2 aliphatic heterocycles. The van der Waals surface area contributed by atoms with E-state index < -0.39 is 0 Å². The van der Waals surface area contributed by atoms with Crippen molar-refractivity contribution in [1.29, 1.82) is 0 Å². The highest BCUT2D eigenvalue weighted by Gasteiger charge is 2.37. The standard InChI is InChI=1S/C17H24N6/c1-13-5-18-17(19-6-13)23-11-15-3-4-22(10-16(15)12-23)9-14-7-20-21(2)8-14/h5-8,15-16H,3-4,9-12H2,1-2H3/t15-,16+/m0/s1. The van der Waals surface area contributed by atoms with Crippen LogP contribution in [0.3, 0.4) is 0 Å². The number of hydrogen-bond donors (Lipinski definition) is 0. The Hall–Kier alpha value is -1.95. The highest BCUT2D eigenvalue weighted by molar-refractivity contribution is 5.32. The van der Waals surface area contributed by atoms with Gasteiger partial charge in [0.1, 0.15) is 0 Å². The van der Waals surface area contributed by atoms with Crippen molar-refractivity contribution in [3.63, 3.8) is 0 Å². The first-order valence-corrected chi connectivity index (χ1v) is 8.41. The van der Waals surface area contributed by atoms with Gasteiger partial charge in [-0.15, -0.1) is 0 Å². The molecule has 0 spiro atoms. The van der Waals surface area contributed by atoms with Crippen molar-refractivity contribution in [1.82, 2.24) is 24.6 Å². The topological polar surface area (TPSA) is 50.1 Å². The molecule has 2 atom stereocenters. The number of hydrogen-bond acceptors (Lipinski definition) is 5. The van der Waals surface area contributed by atoms with Gasteiger partial charge >= 0.3 is 0 Å². The molecule has 122 valence electrons. The molecule has 2 aromatic rings. The highest BCUT2D eigenvalue weighted by Crippen LogP contribution is 2.33. The molecule has 0 aliphatic carbocycles. The minimum absolute atomic E-state index is 0.727. The molecule has 6 nitrogen and oxygen atoms in total. The number of fused-ring (bicyclic) bond motifs is 1. The Bertz CT molecular complexity index is 664. The van der Waals surface area contributed by atoms with Gasteiger partial charge in [-0.05, 0) is 37.3 Å². The van der Waals surface area contributed by atoms with Gasteiger partial charge in [-0.3, -0.25) is 9.58 Å². The molecule has 0 unspecified atom stereocenters. The summed E-state index contributed by atoms with van der Waals surface area (Å²) in [5.74, 6) is 2.40. The normalized spacial score (nSPS) is 24.9. The summed E-state index contributed by atoms with van der Waals surface area (Å²) in [6, 6.07) is 0. The summed E-state index contributed by atoms with van der Waals surface area (Å²) in [4.78, 5) is 13.9. The van der Waals surface area contributed by atoms with Crippen molar-refractivity contribution >= 4 is 5.95 Å². The fraction of sp³-hybridized carbons (Fsp3) is 0.588. The maximum atomic E-state index is 4.50. The first-order valence-electron chi connectivity index (χ1n) is 8.41. The second kappa shape index (κ2) is 5.92. The third kappa shape index (κ3) is 3.08. The van der Waals surface area contributed by atoms with Gasteiger partial charge in [-0.25, -0.2) is 9.97 Å². The first-order chi connectivity index (χ1) is 11.2. The van der Waals surface area contributed by atoms with Gasteiger partial charge in [-0.2, -0.15) is 5.10 Å². The lowest BCUT2D eigenvalue weighted by Gasteiger charge is -2.33. The number of likely N-dealkylation sites (tertiary alicyclic amines) is 1. The zero-order valence-corrected chi connectivity index (χ0v) is 13.9. The summed E-state index contributed by atoms with van der Waals surface area (Å²) in [5, 5.41) is 4.27. The Morgan fingerprint density at radius 2 is 1.87 bits per heavy atom. The van der Waals surface area contributed by atoms with Crippen LogP contribution < -0.4 is 4.90 Å². The van der Waals surface area contributed by atoms with E-state index in [4.69, 9.17) is 0 Å². The van der Waals surface area contributed by atoms with E-state index in [0.29, 0.717) is 0 Å². The molecule has 6 heteroatoms. The van der Waals surface area contributed by atoms with E-state index in [2.05, 4.69) is 31.1 Å². The van der Waals surface area contributed by atoms with Gasteiger partial charge in [0.2, 0.25) is 5.95 Å². The molecule has 0 N–H and O–H groups in total. The van der Waals surface area contributed by atoms with Crippen molar-refractivity contribution < 1.29 is 0 Å². The number of anilines is 1. The summed E-state index contributed by atoms with van der Waals surface area (Å²) >= 11 is 0. The molecule has 2 fully saturated rings. The molecule has 2 aromatic heterocycles. The van der Waals surface area contributed by atoms with Gasteiger partial charge < -0.3 is 4.90 Å². The minimum atomic E-state index is 0.727. The van der Waals surface area contributed by atoms with Crippen LogP contribution in [0.4, 0.5) is 5.95 Å². The van der Waals surface area contributed by atoms with Crippen LogP contribution in [0, 0.1) is 18.8 Å². The van der Waals surface area contributed by atoms with E-state index in [1.165, 1.54) is 25.1 Å². The van der Waals surface area contributed by atoms with Crippen LogP contribution >= 0.6 is 0 Å². The fourth-order valence-corrected chi connectivity index (χ4v) is 3.91. The van der Waals surface area contributed by atoms with E-state index in [9.17, 15) is 0 Å². The van der Waals surface area contributed by atoms with Crippen molar-refractivity contribution in [2.45, 2.75) is 19.9 Å². The van der Waals surface area contributed by atoms with E-state index in [-0.39, 0.29) is 0 Å². The summed E-state index contributed by atoms with van der Waals surface area (Å²) < 4.78 is 1.88. The number of rotatable bonds is 3. The minimum Gasteiger partial charge on any atom is -0.340 e. The second-order valence-electron chi connectivity index (χ2n) is 7.03. The lowest BCUT2D eigenvalue weighted by molar-refractivity contribution is 0.142. The smallest absolute Gasteiger partial charge is 0.225 e. The van der Waals surface area contributed by atoms with Gasteiger partial charge in [-0.1, -0.05) is 0 Å². The predicted molar refractivity (Wildman–Crippen MR) is 89.1 cm³/mol. The molecular weight excluding hydrogens is 288 g/mol. The van der Waals surface area contributed by atoms with Crippen LogP contribution in [0.2, 0.25) is 0 Å². The number of aryl methyl sites for hydroxylation is 2. The van der Waals surface area contributed by atoms with Crippen LogP contribution in [0.5, 0.6) is 0 Å². The predicted octanol–water partition coefficient (Wildman–Crippen LogP) is 1.48. The number of nitrogens with zero attached hydrogens (tertiary/aromatic N) is 6. The Morgan fingerprint density at radius 3 is 2.61 bits per heavy atom. The van der Waals surface area contributed by atoms with Gasteiger partial charge in [0.25, 0.3) is 0 Å². The number of piperidine rings is 1. The van der Waals surface area contributed by atoms with Crippen molar-refractivity contribution in [3.8, 4) is 0 Å². The summed E-state index contributed by atoms with van der Waals surface area (Å²) in [5.41, 5.74) is 2.43.